The van der Waals surface area contributed by atoms with E-state index in [0.29, 0.717) is 12.2 Å². The van der Waals surface area contributed by atoms with Crippen LogP contribution in [0.25, 0.3) is 11.3 Å². The van der Waals surface area contributed by atoms with Gasteiger partial charge in [0.15, 0.2) is 0 Å². The number of nitrogens with zero attached hydrogens (tertiary/aromatic N) is 2. The van der Waals surface area contributed by atoms with E-state index in [1.807, 2.05) is 6.92 Å². The predicted octanol–water partition coefficient (Wildman–Crippen LogP) is 3.00. The molecule has 0 saturated heterocycles. The maximum Gasteiger partial charge on any atom is 0.132 e. The standard InChI is InChI=1S/C15H15F2N3/c1-3-5-13-19-14(15(18)20(13)8-4-2)11-9-10(16)6-7-12(11)17/h2,6-7,9H,3,5,8,18H2,1H3. The van der Waals surface area contributed by atoms with Crippen molar-refractivity contribution in [3.63, 3.8) is 0 Å². The van der Waals surface area contributed by atoms with Gasteiger partial charge in [-0.15, -0.1) is 6.42 Å². The molecule has 20 heavy (non-hydrogen) atoms. The summed E-state index contributed by atoms with van der Waals surface area (Å²) in [5.74, 6) is 2.33. The molecule has 1 heterocycles. The molecule has 0 saturated carbocycles. The Kier molecular flexibility index (Phi) is 4.04. The molecule has 0 aliphatic carbocycles. The fourth-order valence-electron chi connectivity index (χ4n) is 2.07. The SMILES string of the molecule is C#CCn1c(CCC)nc(-c2cc(F)ccc2F)c1N. The molecular weight excluding hydrogens is 260 g/mol. The lowest BCUT2D eigenvalue weighted by Gasteiger charge is -2.05. The van der Waals surface area contributed by atoms with Crippen LogP contribution in [0.2, 0.25) is 0 Å². The second-order valence-electron chi connectivity index (χ2n) is 4.43. The van der Waals surface area contributed by atoms with Gasteiger partial charge in [-0.05, 0) is 24.6 Å². The van der Waals surface area contributed by atoms with Gasteiger partial charge in [-0.3, -0.25) is 0 Å². The van der Waals surface area contributed by atoms with Gasteiger partial charge in [0.1, 0.15) is 29.0 Å². The van der Waals surface area contributed by atoms with Gasteiger partial charge in [0.05, 0.1) is 6.54 Å². The normalized spacial score (nSPS) is 10.5. The number of halogens is 2. The molecule has 2 N–H and O–H groups in total. The fraction of sp³-hybridized carbons (Fsp3) is 0.267. The zero-order valence-corrected chi connectivity index (χ0v) is 11.2. The van der Waals surface area contributed by atoms with Crippen LogP contribution in [0, 0.1) is 24.0 Å². The molecule has 0 amide bonds. The molecule has 0 fully saturated rings. The fourth-order valence-corrected chi connectivity index (χ4v) is 2.07. The first kappa shape index (κ1) is 14.1. The van der Waals surface area contributed by atoms with Gasteiger partial charge in [-0.25, -0.2) is 13.8 Å². The number of hydrogen-bond donors (Lipinski definition) is 1. The second kappa shape index (κ2) is 5.74. The highest BCUT2D eigenvalue weighted by molar-refractivity contribution is 5.71. The molecule has 0 atom stereocenters. The van der Waals surface area contributed by atoms with E-state index < -0.39 is 11.6 Å². The van der Waals surface area contributed by atoms with Crippen LogP contribution in [-0.4, -0.2) is 9.55 Å². The molecule has 1 aromatic carbocycles. The Bertz CT molecular complexity index is 668. The average molecular weight is 275 g/mol. The van der Waals surface area contributed by atoms with E-state index in [-0.39, 0.29) is 23.6 Å². The highest BCUT2D eigenvalue weighted by Crippen LogP contribution is 2.29. The summed E-state index contributed by atoms with van der Waals surface area (Å²) in [7, 11) is 0. The van der Waals surface area contributed by atoms with Gasteiger partial charge < -0.3 is 10.3 Å². The highest BCUT2D eigenvalue weighted by atomic mass is 19.1. The number of hydrogen-bond acceptors (Lipinski definition) is 2. The van der Waals surface area contributed by atoms with Crippen LogP contribution in [0.4, 0.5) is 14.6 Å². The molecule has 1 aromatic heterocycles. The summed E-state index contributed by atoms with van der Waals surface area (Å²) in [6.07, 6.45) is 6.83. The van der Waals surface area contributed by atoms with E-state index in [1.54, 1.807) is 4.57 Å². The van der Waals surface area contributed by atoms with Crippen LogP contribution in [0.3, 0.4) is 0 Å². The minimum absolute atomic E-state index is 0.0515. The number of nitrogen functional groups attached to an aromatic ring is 1. The molecule has 3 nitrogen and oxygen atoms in total. The number of terminal acetylenes is 1. The van der Waals surface area contributed by atoms with E-state index in [1.165, 1.54) is 0 Å². The van der Waals surface area contributed by atoms with Crippen molar-refractivity contribution in [2.24, 2.45) is 0 Å². The van der Waals surface area contributed by atoms with Crippen LogP contribution in [-0.2, 0) is 13.0 Å². The van der Waals surface area contributed by atoms with Crippen molar-refractivity contribution < 1.29 is 8.78 Å². The van der Waals surface area contributed by atoms with E-state index >= 15 is 0 Å². The largest absolute Gasteiger partial charge is 0.383 e. The Labute approximate surface area is 116 Å². The summed E-state index contributed by atoms with van der Waals surface area (Å²) >= 11 is 0. The molecule has 0 aliphatic heterocycles. The maximum absolute atomic E-state index is 13.8. The van der Waals surface area contributed by atoms with Crippen LogP contribution in [0.15, 0.2) is 18.2 Å². The van der Waals surface area contributed by atoms with E-state index in [0.717, 1.165) is 24.6 Å². The van der Waals surface area contributed by atoms with Crippen molar-refractivity contribution in [2.45, 2.75) is 26.3 Å². The summed E-state index contributed by atoms with van der Waals surface area (Å²) in [5.41, 5.74) is 6.28. The molecule has 0 unspecified atom stereocenters. The van der Waals surface area contributed by atoms with Crippen LogP contribution in [0.5, 0.6) is 0 Å². The molecule has 0 radical (unpaired) electrons. The van der Waals surface area contributed by atoms with E-state index in [4.69, 9.17) is 12.2 Å². The minimum Gasteiger partial charge on any atom is -0.383 e. The van der Waals surface area contributed by atoms with Crippen molar-refractivity contribution in [1.82, 2.24) is 9.55 Å². The number of nitrogens with two attached hydrogens (primary N) is 1. The molecule has 2 aromatic rings. The molecule has 0 bridgehead atoms. The van der Waals surface area contributed by atoms with Gasteiger partial charge in [-0.1, -0.05) is 12.8 Å². The lowest BCUT2D eigenvalue weighted by atomic mass is 10.1. The number of aromatic nitrogens is 2. The van der Waals surface area contributed by atoms with Gasteiger partial charge in [-0.2, -0.15) is 0 Å². The molecule has 5 heteroatoms. The quantitative estimate of drug-likeness (QED) is 0.872. The van der Waals surface area contributed by atoms with Crippen LogP contribution in [0.1, 0.15) is 19.2 Å². The first-order valence-electron chi connectivity index (χ1n) is 6.32. The lowest BCUT2D eigenvalue weighted by molar-refractivity contribution is 0.603. The molecular formula is C15H15F2N3. The zero-order valence-electron chi connectivity index (χ0n) is 11.2. The Morgan fingerprint density at radius 1 is 1.40 bits per heavy atom. The first-order chi connectivity index (χ1) is 9.58. The Balaban J connectivity index is 2.60. The van der Waals surface area contributed by atoms with Crippen LogP contribution < -0.4 is 5.73 Å². The van der Waals surface area contributed by atoms with Crippen molar-refractivity contribution in [3.8, 4) is 23.6 Å². The molecule has 0 aliphatic rings. The van der Waals surface area contributed by atoms with Crippen molar-refractivity contribution >= 4 is 5.82 Å². The van der Waals surface area contributed by atoms with Crippen molar-refractivity contribution in [2.75, 3.05) is 5.73 Å². The smallest absolute Gasteiger partial charge is 0.132 e. The molecule has 0 spiro atoms. The second-order valence-corrected chi connectivity index (χ2v) is 4.43. The Hall–Kier alpha value is -2.35. The van der Waals surface area contributed by atoms with E-state index in [9.17, 15) is 8.78 Å². The summed E-state index contributed by atoms with van der Waals surface area (Å²) in [4.78, 5) is 4.33. The third-order valence-electron chi connectivity index (χ3n) is 2.99. The summed E-state index contributed by atoms with van der Waals surface area (Å²) in [5, 5.41) is 0. The number of benzene rings is 1. The topological polar surface area (TPSA) is 43.8 Å². The average Bonchev–Trinajstić information content (AvgIpc) is 2.71. The highest BCUT2D eigenvalue weighted by Gasteiger charge is 2.18. The van der Waals surface area contributed by atoms with Gasteiger partial charge in [0.25, 0.3) is 0 Å². The number of aryl methyl sites for hydroxylation is 1. The van der Waals surface area contributed by atoms with Crippen molar-refractivity contribution in [3.05, 3.63) is 35.7 Å². The number of anilines is 1. The monoisotopic (exact) mass is 275 g/mol. The predicted molar refractivity (Wildman–Crippen MR) is 74.8 cm³/mol. The van der Waals surface area contributed by atoms with Gasteiger partial charge in [0.2, 0.25) is 0 Å². The molecule has 2 rings (SSSR count). The first-order valence-corrected chi connectivity index (χ1v) is 6.32. The summed E-state index contributed by atoms with van der Waals surface area (Å²) in [6, 6.07) is 3.20. The third kappa shape index (κ3) is 2.50. The van der Waals surface area contributed by atoms with Gasteiger partial charge in [0, 0.05) is 12.0 Å². The third-order valence-corrected chi connectivity index (χ3v) is 2.99. The zero-order chi connectivity index (χ0) is 14.7. The van der Waals surface area contributed by atoms with Gasteiger partial charge >= 0.3 is 0 Å². The van der Waals surface area contributed by atoms with Crippen LogP contribution >= 0.6 is 0 Å². The minimum atomic E-state index is -0.563. The summed E-state index contributed by atoms with van der Waals surface area (Å²) < 4.78 is 28.8. The Morgan fingerprint density at radius 2 is 2.15 bits per heavy atom. The number of rotatable bonds is 4. The lowest BCUT2D eigenvalue weighted by Crippen LogP contribution is -2.06. The molecule has 104 valence electrons. The maximum atomic E-state index is 13.8. The number of imidazole rings is 1. The van der Waals surface area contributed by atoms with Crippen molar-refractivity contribution in [1.29, 1.82) is 0 Å². The Morgan fingerprint density at radius 3 is 2.80 bits per heavy atom. The van der Waals surface area contributed by atoms with E-state index in [2.05, 4.69) is 10.9 Å². The summed E-state index contributed by atoms with van der Waals surface area (Å²) in [6.45, 7) is 2.25.